The van der Waals surface area contributed by atoms with Crippen LogP contribution in [0, 0.1) is 0 Å². The fraction of sp³-hybridized carbons (Fsp3) is 1.00. The van der Waals surface area contributed by atoms with E-state index in [0.29, 0.717) is 0 Å². The van der Waals surface area contributed by atoms with Crippen LogP contribution in [0.2, 0.25) is 91.2 Å². The van der Waals surface area contributed by atoms with E-state index >= 15 is 0 Å². The Morgan fingerprint density at radius 3 is 0.756 bits per heavy atom. The van der Waals surface area contributed by atoms with Gasteiger partial charge in [-0.2, -0.15) is 22.2 Å². The van der Waals surface area contributed by atoms with E-state index in [2.05, 4.69) is 83.6 Å². The zero-order chi connectivity index (χ0) is 36.8. The Morgan fingerprint density at radius 2 is 0.622 bits per heavy atom. The summed E-state index contributed by atoms with van der Waals surface area (Å²) in [5.74, 6) is 0. The Morgan fingerprint density at radius 1 is 0.444 bits per heavy atom. The van der Waals surface area contributed by atoms with E-state index in [1.807, 2.05) is 13.1 Å². The molecule has 0 aliphatic carbocycles. The molecule has 0 aliphatic rings. The van der Waals surface area contributed by atoms with Gasteiger partial charge >= 0.3 is 6.00 Å². The van der Waals surface area contributed by atoms with Gasteiger partial charge in [-0.15, -0.1) is 55.4 Å². The van der Waals surface area contributed by atoms with Gasteiger partial charge < -0.3 is 4.65 Å². The van der Waals surface area contributed by atoms with E-state index < -0.39 is 44.7 Å². The summed E-state index contributed by atoms with van der Waals surface area (Å²) in [4.78, 5) is 0. The number of rotatable bonds is 19. The van der Waals surface area contributed by atoms with Crippen molar-refractivity contribution in [3.63, 3.8) is 0 Å². The minimum atomic E-state index is -2.35. The first kappa shape index (κ1) is 57.6. The van der Waals surface area contributed by atoms with Crippen LogP contribution in [0.5, 0.6) is 0 Å². The van der Waals surface area contributed by atoms with Crippen molar-refractivity contribution in [2.45, 2.75) is 201 Å². The molecule has 0 aromatic rings. The number of unbranched alkanes of at least 4 members (excludes halogenated alkanes) is 15. The number of hydrogen-bond acceptors (Lipinski definition) is 1. The van der Waals surface area contributed by atoms with Gasteiger partial charge in [0.15, 0.2) is 0 Å². The number of halogens is 7. The highest BCUT2D eigenvalue weighted by molar-refractivity contribution is 7.64. The summed E-state index contributed by atoms with van der Waals surface area (Å²) < 4.78 is 3.74. The Bertz CT molecular complexity index is 549. The molecule has 0 saturated heterocycles. The van der Waals surface area contributed by atoms with Crippen molar-refractivity contribution in [1.29, 1.82) is 0 Å². The predicted octanol–water partition coefficient (Wildman–Crippen LogP) is 16.6. The predicted molar refractivity (Wildman–Crippen MR) is 241 cm³/mol. The summed E-state index contributed by atoms with van der Waals surface area (Å²) in [6.07, 6.45) is 22.2. The van der Waals surface area contributed by atoms with Crippen molar-refractivity contribution < 1.29 is 0 Å². The minimum absolute atomic E-state index is 0.667. The molecule has 45 heavy (non-hydrogen) atoms. The van der Waals surface area contributed by atoms with Crippen LogP contribution in [0.25, 0.3) is 0 Å². The van der Waals surface area contributed by atoms with Crippen molar-refractivity contribution >= 4 is 122 Å². The lowest BCUT2D eigenvalue weighted by atomic mass is 10.0. The Labute approximate surface area is 324 Å². The first-order valence-electron chi connectivity index (χ1n) is 17.6. The molecule has 0 saturated carbocycles. The van der Waals surface area contributed by atoms with E-state index in [4.69, 9.17) is 77.6 Å². The van der Waals surface area contributed by atoms with E-state index in [1.54, 1.807) is 0 Å². The van der Waals surface area contributed by atoms with Crippen molar-refractivity contribution in [3.05, 3.63) is 0 Å². The summed E-state index contributed by atoms with van der Waals surface area (Å²) >= 11 is 39.6. The Hall–Kier alpha value is 3.29. The molecule has 280 valence electrons. The van der Waals surface area contributed by atoms with E-state index in [9.17, 15) is 0 Å². The average molecular weight is 882 g/mol. The summed E-state index contributed by atoms with van der Waals surface area (Å²) in [6, 6.07) is -1.52. The summed E-state index contributed by atoms with van der Waals surface area (Å²) in [5, 5.41) is 0. The molecular formula is C31H78Cl7NSi6. The Kier molecular flexibility index (Phi) is 44.0. The summed E-state index contributed by atoms with van der Waals surface area (Å²) in [6.45, 7) is 28.9. The zero-order valence-electron chi connectivity index (χ0n) is 32.2. The number of nitrogens with one attached hydrogen (secondary N) is 1. The van der Waals surface area contributed by atoms with Gasteiger partial charge in [0.05, 0.1) is 0 Å². The second-order valence-corrected chi connectivity index (χ2v) is 56.1. The van der Waals surface area contributed by atoms with Crippen LogP contribution in [0.3, 0.4) is 0 Å². The molecular weight excluding hydrogens is 803 g/mol. The highest BCUT2D eigenvalue weighted by Crippen LogP contribution is 2.27. The average Bonchev–Trinajstić information content (AvgIpc) is 2.73. The normalized spacial score (nSPS) is 12.1. The van der Waals surface area contributed by atoms with E-state index in [0.717, 1.165) is 12.5 Å². The fourth-order valence-corrected chi connectivity index (χ4v) is 14.9. The monoisotopic (exact) mass is 877 g/mol. The van der Waals surface area contributed by atoms with Gasteiger partial charge in [-0.1, -0.05) is 182 Å². The maximum Gasteiger partial charge on any atom is 0.341 e. The van der Waals surface area contributed by atoms with Crippen LogP contribution in [-0.4, -0.2) is 44.7 Å². The van der Waals surface area contributed by atoms with Crippen LogP contribution in [-0.2, 0) is 0 Å². The van der Waals surface area contributed by atoms with Crippen molar-refractivity contribution in [2.75, 3.05) is 0 Å². The van der Waals surface area contributed by atoms with Crippen molar-refractivity contribution in [2.24, 2.45) is 0 Å². The molecule has 1 nitrogen and oxygen atoms in total. The standard InChI is InChI=1S/C18H37Cl3Si.C6H19NSi2.C3H9ClSi.C2H6Cl2Si.C2H7ClSi/c1-2-3-4-5-6-7-8-9-10-11-12-13-14-15-16-17-18-22(19,20)21;1-8(2,3)7-9(4,5)6;2*1-5(2,3)4;1-4(2)3/h2-18H2,1H3;7H,1-6H3;1-3H3;1-2H3;4H,1-2H3. The first-order valence-corrected chi connectivity index (χ1v) is 43.4. The molecule has 14 heteroatoms. The van der Waals surface area contributed by atoms with Crippen LogP contribution in [0.15, 0.2) is 0 Å². The molecule has 0 unspecified atom stereocenters. The molecule has 0 spiro atoms. The van der Waals surface area contributed by atoms with Crippen LogP contribution in [0.4, 0.5) is 0 Å². The van der Waals surface area contributed by atoms with Crippen LogP contribution >= 0.6 is 77.6 Å². The van der Waals surface area contributed by atoms with Gasteiger partial charge in [-0.25, -0.2) is 0 Å². The van der Waals surface area contributed by atoms with Gasteiger partial charge in [-0.05, 0) is 19.1 Å². The van der Waals surface area contributed by atoms with Crippen LogP contribution in [0.1, 0.15) is 110 Å². The zero-order valence-corrected chi connectivity index (χ0v) is 43.7. The lowest BCUT2D eigenvalue weighted by Gasteiger charge is -2.28. The molecule has 0 amide bonds. The van der Waals surface area contributed by atoms with Gasteiger partial charge in [0.2, 0.25) is 6.69 Å². The molecule has 0 radical (unpaired) electrons. The molecule has 0 atom stereocenters. The van der Waals surface area contributed by atoms with Gasteiger partial charge in [-0.3, -0.25) is 0 Å². The summed E-state index contributed by atoms with van der Waals surface area (Å²) in [7, 11) is -3.77. The molecule has 0 aromatic carbocycles. The third kappa shape index (κ3) is 121. The molecule has 0 aliphatic heterocycles. The lowest BCUT2D eigenvalue weighted by molar-refractivity contribution is 0.531. The highest BCUT2D eigenvalue weighted by Gasteiger charge is 2.23. The lowest BCUT2D eigenvalue weighted by Crippen LogP contribution is -2.55. The molecule has 0 rings (SSSR count). The van der Waals surface area contributed by atoms with Gasteiger partial charge in [0.1, 0.15) is 32.0 Å². The minimum Gasteiger partial charge on any atom is -0.360 e. The van der Waals surface area contributed by atoms with Gasteiger partial charge in [0.25, 0.3) is 0 Å². The highest BCUT2D eigenvalue weighted by atomic mass is 35.8. The SMILES string of the molecule is CCCCCCCCCCCCCCCCCC[Si](Cl)(Cl)Cl.C[SiH](C)Cl.C[Si](C)(C)Cl.C[Si](C)(C)N[Si](C)(C)C.C[Si](C)(Cl)Cl. The quantitative estimate of drug-likeness (QED) is 0.0774. The maximum atomic E-state index is 5.87. The largest absolute Gasteiger partial charge is 0.360 e. The topological polar surface area (TPSA) is 12.0 Å². The second kappa shape index (κ2) is 34.4. The first-order chi connectivity index (χ1) is 20.0. The third-order valence-corrected chi connectivity index (χ3v) is 13.7. The Balaban J connectivity index is -0.000000188. The third-order valence-electron chi connectivity index (χ3n) is 5.06. The second-order valence-electron chi connectivity index (χ2n) is 15.7. The smallest absolute Gasteiger partial charge is 0.341 e. The van der Waals surface area contributed by atoms with Crippen molar-refractivity contribution in [1.82, 2.24) is 4.65 Å². The maximum absolute atomic E-state index is 5.87. The number of hydrogen-bond donors (Lipinski definition) is 1. The molecule has 0 fully saturated rings. The van der Waals surface area contributed by atoms with Gasteiger partial charge in [0, 0.05) is 0 Å². The molecule has 0 aromatic heterocycles. The summed E-state index contributed by atoms with van der Waals surface area (Å²) in [5.41, 5.74) is 0. The van der Waals surface area contributed by atoms with E-state index in [1.165, 1.54) is 96.3 Å². The molecule has 0 heterocycles. The molecule has 0 bridgehead atoms. The van der Waals surface area contributed by atoms with Crippen LogP contribution < -0.4 is 4.65 Å². The molecule has 1 N–H and O–H groups in total. The van der Waals surface area contributed by atoms with E-state index in [-0.39, 0.29) is 0 Å². The van der Waals surface area contributed by atoms with Crippen molar-refractivity contribution in [3.8, 4) is 0 Å². The fourth-order valence-electron chi connectivity index (χ4n) is 4.00.